The van der Waals surface area contributed by atoms with Crippen molar-refractivity contribution in [3.8, 4) is 0 Å². The highest BCUT2D eigenvalue weighted by Gasteiger charge is 2.11. The quantitative estimate of drug-likeness (QED) is 0.759. The Labute approximate surface area is 85.5 Å². The molecule has 2 aromatic rings. The van der Waals surface area contributed by atoms with Gasteiger partial charge in [-0.15, -0.1) is 0 Å². The van der Waals surface area contributed by atoms with Crippen LogP contribution in [0.4, 0.5) is 4.39 Å². The summed E-state index contributed by atoms with van der Waals surface area (Å²) in [4.78, 5) is 3.78. The molecule has 0 amide bonds. The molecule has 62 valence electrons. The minimum atomic E-state index is -0.383. The third-order valence-corrected chi connectivity index (χ3v) is 2.77. The van der Waals surface area contributed by atoms with Crippen molar-refractivity contribution in [3.63, 3.8) is 0 Å². The Kier molecular flexibility index (Phi) is 1.91. The molecule has 0 spiro atoms. The van der Waals surface area contributed by atoms with Gasteiger partial charge in [-0.1, -0.05) is 11.6 Å². The van der Waals surface area contributed by atoms with Gasteiger partial charge in [-0.25, -0.2) is 9.37 Å². The predicted molar refractivity (Wildman–Crippen MR) is 51.6 cm³/mol. The number of fused-ring (bicyclic) bond motifs is 1. The highest BCUT2D eigenvalue weighted by atomic mass is 127. The normalized spacial score (nSPS) is 10.9. The number of hydrogen-bond acceptors (Lipinski definition) is 2. The molecule has 0 bridgehead atoms. The Bertz CT molecular complexity index is 442. The van der Waals surface area contributed by atoms with Crippen LogP contribution in [0.5, 0.6) is 0 Å². The smallest absolute Gasteiger partial charge is 0.161 e. The van der Waals surface area contributed by atoms with Crippen LogP contribution in [-0.2, 0) is 0 Å². The summed E-state index contributed by atoms with van der Waals surface area (Å²) in [6.45, 7) is 0. The average molecular weight is 297 g/mol. The fourth-order valence-corrected chi connectivity index (χ4v) is 1.93. The van der Waals surface area contributed by atoms with Crippen molar-refractivity contribution in [1.82, 2.24) is 15.2 Å². The fraction of sp³-hybridized carbons (Fsp3) is 0. The summed E-state index contributed by atoms with van der Waals surface area (Å²) in [5, 5.41) is 7.09. The fourth-order valence-electron chi connectivity index (χ4n) is 0.897. The standard InChI is InChI=1S/C6H2ClFIN3/c7-5-3-4(9)2(8)1-10-6(3)12-11-5/h1H,(H,10,11,12). The molecule has 0 fully saturated rings. The van der Waals surface area contributed by atoms with Crippen LogP contribution < -0.4 is 0 Å². The van der Waals surface area contributed by atoms with Gasteiger partial charge in [-0.2, -0.15) is 5.10 Å². The zero-order valence-electron chi connectivity index (χ0n) is 5.61. The minimum Gasteiger partial charge on any atom is -0.259 e. The molecular weight excluding hydrogens is 295 g/mol. The van der Waals surface area contributed by atoms with Crippen LogP contribution >= 0.6 is 34.2 Å². The van der Waals surface area contributed by atoms with E-state index in [9.17, 15) is 4.39 Å². The Hall–Kier alpha value is -0.430. The summed E-state index contributed by atoms with van der Waals surface area (Å²) in [7, 11) is 0. The van der Waals surface area contributed by atoms with Gasteiger partial charge in [-0.3, -0.25) is 5.10 Å². The van der Waals surface area contributed by atoms with Gasteiger partial charge in [-0.05, 0) is 22.6 Å². The van der Waals surface area contributed by atoms with Crippen molar-refractivity contribution in [2.24, 2.45) is 0 Å². The first kappa shape index (κ1) is 8.18. The zero-order chi connectivity index (χ0) is 8.72. The summed E-state index contributed by atoms with van der Waals surface area (Å²) >= 11 is 7.56. The number of aromatic nitrogens is 3. The lowest BCUT2D eigenvalue weighted by Crippen LogP contribution is -1.85. The number of rotatable bonds is 0. The molecule has 12 heavy (non-hydrogen) atoms. The summed E-state index contributed by atoms with van der Waals surface area (Å²) in [6, 6.07) is 0. The molecule has 2 heterocycles. The van der Waals surface area contributed by atoms with Crippen molar-refractivity contribution in [1.29, 1.82) is 0 Å². The van der Waals surface area contributed by atoms with Crippen LogP contribution in [-0.4, -0.2) is 15.2 Å². The summed E-state index contributed by atoms with van der Waals surface area (Å²) < 4.78 is 13.4. The van der Waals surface area contributed by atoms with E-state index in [0.29, 0.717) is 14.6 Å². The molecule has 6 heteroatoms. The molecule has 3 nitrogen and oxygen atoms in total. The lowest BCUT2D eigenvalue weighted by molar-refractivity contribution is 0.617. The molecule has 2 aromatic heterocycles. The second-order valence-corrected chi connectivity index (χ2v) is 3.59. The molecule has 0 aliphatic rings. The summed E-state index contributed by atoms with van der Waals surface area (Å²) in [5.74, 6) is -0.383. The van der Waals surface area contributed by atoms with Crippen molar-refractivity contribution in [2.45, 2.75) is 0 Å². The molecule has 0 saturated heterocycles. The molecule has 0 aliphatic heterocycles. The minimum absolute atomic E-state index is 0.251. The van der Waals surface area contributed by atoms with E-state index in [0.717, 1.165) is 6.20 Å². The maximum atomic E-state index is 12.9. The van der Waals surface area contributed by atoms with E-state index in [2.05, 4.69) is 15.2 Å². The van der Waals surface area contributed by atoms with Gasteiger partial charge in [0.25, 0.3) is 0 Å². The van der Waals surface area contributed by atoms with E-state index in [4.69, 9.17) is 11.6 Å². The molecule has 0 saturated carbocycles. The van der Waals surface area contributed by atoms with E-state index >= 15 is 0 Å². The highest BCUT2D eigenvalue weighted by Crippen LogP contribution is 2.25. The Morgan fingerprint density at radius 1 is 1.58 bits per heavy atom. The number of nitrogens with zero attached hydrogens (tertiary/aromatic N) is 2. The first-order chi connectivity index (χ1) is 5.70. The van der Waals surface area contributed by atoms with E-state index in [1.165, 1.54) is 0 Å². The van der Waals surface area contributed by atoms with E-state index < -0.39 is 0 Å². The van der Waals surface area contributed by atoms with Gasteiger partial charge in [0.2, 0.25) is 0 Å². The topological polar surface area (TPSA) is 41.6 Å². The number of nitrogens with one attached hydrogen (secondary N) is 1. The molecule has 0 radical (unpaired) electrons. The molecule has 0 aromatic carbocycles. The second-order valence-electron chi connectivity index (χ2n) is 2.16. The zero-order valence-corrected chi connectivity index (χ0v) is 8.52. The first-order valence-electron chi connectivity index (χ1n) is 3.03. The van der Waals surface area contributed by atoms with Crippen LogP contribution in [0.2, 0.25) is 5.15 Å². The molecule has 0 unspecified atom stereocenters. The first-order valence-corrected chi connectivity index (χ1v) is 4.49. The molecule has 1 N–H and O–H groups in total. The monoisotopic (exact) mass is 297 g/mol. The van der Waals surface area contributed by atoms with Crippen molar-refractivity contribution >= 4 is 45.2 Å². The van der Waals surface area contributed by atoms with Gasteiger partial charge < -0.3 is 0 Å². The van der Waals surface area contributed by atoms with Crippen LogP contribution in [0, 0.1) is 9.39 Å². The average Bonchev–Trinajstić information content (AvgIpc) is 2.41. The lowest BCUT2D eigenvalue weighted by Gasteiger charge is -1.93. The Morgan fingerprint density at radius 2 is 2.33 bits per heavy atom. The van der Waals surface area contributed by atoms with Gasteiger partial charge in [0.15, 0.2) is 16.6 Å². The van der Waals surface area contributed by atoms with Crippen molar-refractivity contribution in [3.05, 3.63) is 20.7 Å². The highest BCUT2D eigenvalue weighted by molar-refractivity contribution is 14.1. The van der Waals surface area contributed by atoms with Crippen LogP contribution in [0.1, 0.15) is 0 Å². The van der Waals surface area contributed by atoms with Crippen molar-refractivity contribution < 1.29 is 4.39 Å². The van der Waals surface area contributed by atoms with Gasteiger partial charge >= 0.3 is 0 Å². The lowest BCUT2D eigenvalue weighted by atomic mass is 10.3. The van der Waals surface area contributed by atoms with Gasteiger partial charge in [0, 0.05) is 0 Å². The summed E-state index contributed by atoms with van der Waals surface area (Å²) in [6.07, 6.45) is 1.14. The van der Waals surface area contributed by atoms with Crippen LogP contribution in [0.15, 0.2) is 6.20 Å². The van der Waals surface area contributed by atoms with E-state index in [-0.39, 0.29) is 11.0 Å². The molecule has 2 rings (SSSR count). The number of aromatic amines is 1. The van der Waals surface area contributed by atoms with Gasteiger partial charge in [0.1, 0.15) is 0 Å². The SMILES string of the molecule is Fc1cnc2[nH]nc(Cl)c2c1I. The largest absolute Gasteiger partial charge is 0.259 e. The molecule has 0 aliphatic carbocycles. The van der Waals surface area contributed by atoms with E-state index in [1.54, 1.807) is 0 Å². The molecular formula is C6H2ClFIN3. The predicted octanol–water partition coefficient (Wildman–Crippen LogP) is 2.35. The number of halogens is 3. The number of H-pyrrole nitrogens is 1. The maximum Gasteiger partial charge on any atom is 0.161 e. The number of hydrogen-bond donors (Lipinski definition) is 1. The molecule has 0 atom stereocenters. The second kappa shape index (κ2) is 2.81. The third-order valence-electron chi connectivity index (χ3n) is 1.44. The third kappa shape index (κ3) is 1.08. The Balaban J connectivity index is 2.96. The van der Waals surface area contributed by atoms with Crippen molar-refractivity contribution in [2.75, 3.05) is 0 Å². The van der Waals surface area contributed by atoms with Crippen LogP contribution in [0.25, 0.3) is 11.0 Å². The number of pyridine rings is 1. The van der Waals surface area contributed by atoms with Gasteiger partial charge in [0.05, 0.1) is 15.2 Å². The maximum absolute atomic E-state index is 12.9. The summed E-state index contributed by atoms with van der Waals surface area (Å²) in [5.41, 5.74) is 0.505. The van der Waals surface area contributed by atoms with E-state index in [1.807, 2.05) is 22.6 Å². The van der Waals surface area contributed by atoms with Crippen LogP contribution in [0.3, 0.4) is 0 Å². The Morgan fingerprint density at radius 3 is 3.08 bits per heavy atom.